The second-order valence-electron chi connectivity index (χ2n) is 6.91. The molecule has 1 aliphatic heterocycles. The molecule has 1 aliphatic rings. The summed E-state index contributed by atoms with van der Waals surface area (Å²) >= 11 is 0. The minimum Gasteiger partial charge on any atom is -0.434 e. The van der Waals surface area contributed by atoms with Crippen molar-refractivity contribution in [2.24, 2.45) is 0 Å². The summed E-state index contributed by atoms with van der Waals surface area (Å²) in [4.78, 5) is 29.5. The van der Waals surface area contributed by atoms with Crippen molar-refractivity contribution in [3.05, 3.63) is 66.4 Å². The molecular formula is C20H15F4N5O3. The number of cyclic esters (lactones) is 1. The van der Waals surface area contributed by atoms with Crippen LogP contribution in [0, 0.1) is 5.82 Å². The molecule has 0 unspecified atom stereocenters. The average molecular weight is 449 g/mol. The first-order chi connectivity index (χ1) is 15.1. The van der Waals surface area contributed by atoms with Crippen LogP contribution in [0.3, 0.4) is 0 Å². The van der Waals surface area contributed by atoms with Crippen molar-refractivity contribution in [3.8, 4) is 5.69 Å². The summed E-state index contributed by atoms with van der Waals surface area (Å²) < 4.78 is 58.4. The van der Waals surface area contributed by atoms with Gasteiger partial charge in [0.15, 0.2) is 11.5 Å². The van der Waals surface area contributed by atoms with Gasteiger partial charge in [-0.05, 0) is 49.4 Å². The molecule has 0 aliphatic carbocycles. The Hall–Kier alpha value is -3.96. The highest BCUT2D eigenvalue weighted by molar-refractivity contribution is 6.05. The molecule has 12 heteroatoms. The molecule has 2 aromatic heterocycles. The predicted octanol–water partition coefficient (Wildman–Crippen LogP) is 3.93. The second-order valence-corrected chi connectivity index (χ2v) is 6.91. The summed E-state index contributed by atoms with van der Waals surface area (Å²) in [6.45, 7) is 1.17. The van der Waals surface area contributed by atoms with Gasteiger partial charge in [-0.25, -0.2) is 18.9 Å². The first-order valence-electron chi connectivity index (χ1n) is 9.29. The standard InChI is InChI=1S/C20H15F4N5O3/c1-11-16(20(22,23)24)32-19(31)29(11)17-14(3-2-9-25-17)26-18(30)15-8-10-28(27-15)13-6-4-12(21)5-7-13/h2-11,16H,1H3,(H,26,30)/t11-,16+/m1/s1. The van der Waals surface area contributed by atoms with Crippen molar-refractivity contribution in [1.82, 2.24) is 14.8 Å². The van der Waals surface area contributed by atoms with Gasteiger partial charge in [0.1, 0.15) is 5.82 Å². The molecule has 3 heterocycles. The predicted molar refractivity (Wildman–Crippen MR) is 104 cm³/mol. The van der Waals surface area contributed by atoms with Crippen molar-refractivity contribution in [3.63, 3.8) is 0 Å². The van der Waals surface area contributed by atoms with Gasteiger partial charge in [-0.3, -0.25) is 9.69 Å². The Balaban J connectivity index is 1.57. The topological polar surface area (TPSA) is 89.4 Å². The number of carbonyl (C=O) groups is 2. The summed E-state index contributed by atoms with van der Waals surface area (Å²) in [5.41, 5.74) is 0.495. The number of pyridine rings is 1. The quantitative estimate of drug-likeness (QED) is 0.610. The van der Waals surface area contributed by atoms with E-state index < -0.39 is 36.1 Å². The van der Waals surface area contributed by atoms with Crippen LogP contribution in [0.15, 0.2) is 54.9 Å². The first kappa shape index (κ1) is 21.3. The monoisotopic (exact) mass is 449 g/mol. The molecule has 1 saturated heterocycles. The van der Waals surface area contributed by atoms with E-state index in [1.54, 1.807) is 0 Å². The van der Waals surface area contributed by atoms with Crippen LogP contribution >= 0.6 is 0 Å². The largest absolute Gasteiger partial charge is 0.434 e. The van der Waals surface area contributed by atoms with Gasteiger partial charge in [0.05, 0.1) is 17.4 Å². The van der Waals surface area contributed by atoms with Crippen LogP contribution in [0.25, 0.3) is 5.69 Å². The zero-order valence-electron chi connectivity index (χ0n) is 16.4. The molecule has 0 spiro atoms. The van der Waals surface area contributed by atoms with Crippen LogP contribution in [0.1, 0.15) is 17.4 Å². The molecule has 0 bridgehead atoms. The minimum atomic E-state index is -4.75. The zero-order valence-corrected chi connectivity index (χ0v) is 16.4. The van der Waals surface area contributed by atoms with Crippen molar-refractivity contribution in [2.45, 2.75) is 25.2 Å². The third kappa shape index (κ3) is 3.98. The molecule has 2 amide bonds. The molecule has 1 N–H and O–H groups in total. The number of benzene rings is 1. The highest BCUT2D eigenvalue weighted by atomic mass is 19.4. The zero-order chi connectivity index (χ0) is 23.0. The lowest BCUT2D eigenvalue weighted by Crippen LogP contribution is -2.41. The molecule has 166 valence electrons. The molecule has 32 heavy (non-hydrogen) atoms. The number of alkyl halides is 3. The van der Waals surface area contributed by atoms with E-state index in [-0.39, 0.29) is 17.2 Å². The maximum atomic E-state index is 13.1. The molecule has 2 atom stereocenters. The number of anilines is 2. The van der Waals surface area contributed by atoms with E-state index >= 15 is 0 Å². The second kappa shape index (κ2) is 7.94. The minimum absolute atomic E-state index is 0.000423. The Morgan fingerprint density at radius 3 is 2.53 bits per heavy atom. The van der Waals surface area contributed by atoms with Gasteiger partial charge in [0.2, 0.25) is 6.10 Å². The van der Waals surface area contributed by atoms with Gasteiger partial charge in [0.25, 0.3) is 5.91 Å². The fraction of sp³-hybridized carbons (Fsp3) is 0.200. The van der Waals surface area contributed by atoms with Gasteiger partial charge >= 0.3 is 12.3 Å². The number of carbonyl (C=O) groups excluding carboxylic acids is 2. The Bertz CT molecular complexity index is 1160. The fourth-order valence-corrected chi connectivity index (χ4v) is 3.24. The number of ether oxygens (including phenoxy) is 1. The third-order valence-electron chi connectivity index (χ3n) is 4.77. The summed E-state index contributed by atoms with van der Waals surface area (Å²) in [6, 6.07) is 8.27. The van der Waals surface area contributed by atoms with E-state index in [0.29, 0.717) is 5.69 Å². The summed E-state index contributed by atoms with van der Waals surface area (Å²) in [5, 5.41) is 6.62. The van der Waals surface area contributed by atoms with Crippen LogP contribution in [0.2, 0.25) is 0 Å². The number of hydrogen-bond acceptors (Lipinski definition) is 5. The summed E-state index contributed by atoms with van der Waals surface area (Å²) in [6.07, 6.45) is -5.55. The van der Waals surface area contributed by atoms with Gasteiger partial charge in [-0.1, -0.05) is 0 Å². The fourth-order valence-electron chi connectivity index (χ4n) is 3.24. The number of nitrogens with zero attached hydrogens (tertiary/aromatic N) is 4. The number of aromatic nitrogens is 3. The third-order valence-corrected chi connectivity index (χ3v) is 4.77. The van der Waals surface area contributed by atoms with Crippen LogP contribution in [-0.4, -0.2) is 45.1 Å². The number of halogens is 4. The van der Waals surface area contributed by atoms with E-state index in [9.17, 15) is 27.2 Å². The van der Waals surface area contributed by atoms with Crippen LogP contribution in [0.5, 0.6) is 0 Å². The molecule has 4 rings (SSSR count). The van der Waals surface area contributed by atoms with Crippen molar-refractivity contribution in [2.75, 3.05) is 10.2 Å². The maximum Gasteiger partial charge on any atom is 0.427 e. The van der Waals surface area contributed by atoms with E-state index in [0.717, 1.165) is 4.90 Å². The van der Waals surface area contributed by atoms with Crippen LogP contribution < -0.4 is 10.2 Å². The van der Waals surface area contributed by atoms with Crippen molar-refractivity contribution >= 4 is 23.5 Å². The van der Waals surface area contributed by atoms with Gasteiger partial charge in [0, 0.05) is 12.4 Å². The smallest absolute Gasteiger partial charge is 0.427 e. The Labute approximate surface area is 178 Å². The van der Waals surface area contributed by atoms with E-state index in [2.05, 4.69) is 20.1 Å². The lowest BCUT2D eigenvalue weighted by Gasteiger charge is -2.22. The van der Waals surface area contributed by atoms with Crippen molar-refractivity contribution in [1.29, 1.82) is 0 Å². The Morgan fingerprint density at radius 2 is 1.88 bits per heavy atom. The summed E-state index contributed by atoms with van der Waals surface area (Å²) in [5.74, 6) is -1.30. The van der Waals surface area contributed by atoms with E-state index in [1.165, 1.54) is 66.5 Å². The molecule has 3 aromatic rings. The molecule has 1 aromatic carbocycles. The highest BCUT2D eigenvalue weighted by Crippen LogP contribution is 2.37. The van der Waals surface area contributed by atoms with Gasteiger partial charge in [-0.15, -0.1) is 0 Å². The molecule has 8 nitrogen and oxygen atoms in total. The van der Waals surface area contributed by atoms with Gasteiger partial charge < -0.3 is 10.1 Å². The summed E-state index contributed by atoms with van der Waals surface area (Å²) in [7, 11) is 0. The molecule has 1 fully saturated rings. The average Bonchev–Trinajstić information content (AvgIpc) is 3.34. The van der Waals surface area contributed by atoms with E-state index in [4.69, 9.17) is 0 Å². The first-order valence-corrected chi connectivity index (χ1v) is 9.29. The highest BCUT2D eigenvalue weighted by Gasteiger charge is 2.55. The Morgan fingerprint density at radius 1 is 1.16 bits per heavy atom. The Kier molecular flexibility index (Phi) is 5.28. The van der Waals surface area contributed by atoms with Crippen LogP contribution in [-0.2, 0) is 4.74 Å². The molecule has 0 radical (unpaired) electrons. The molecular weight excluding hydrogens is 434 g/mol. The van der Waals surface area contributed by atoms with Crippen molar-refractivity contribution < 1.29 is 31.9 Å². The number of nitrogens with one attached hydrogen (secondary N) is 1. The van der Waals surface area contributed by atoms with E-state index in [1.807, 2.05) is 0 Å². The normalized spacial score (nSPS) is 18.5. The number of rotatable bonds is 4. The van der Waals surface area contributed by atoms with Gasteiger partial charge in [-0.2, -0.15) is 18.3 Å². The van der Waals surface area contributed by atoms with Crippen LogP contribution in [0.4, 0.5) is 33.9 Å². The SMILES string of the molecule is C[C@@H]1[C@@H](C(F)(F)F)OC(=O)N1c1ncccc1NC(=O)c1ccn(-c2ccc(F)cc2)n1. The lowest BCUT2D eigenvalue weighted by molar-refractivity contribution is -0.198. The molecule has 0 saturated carbocycles. The number of amides is 2. The lowest BCUT2D eigenvalue weighted by atomic mass is 10.1. The maximum absolute atomic E-state index is 13.1. The number of hydrogen-bond donors (Lipinski definition) is 1.